The van der Waals surface area contributed by atoms with Crippen LogP contribution in [-0.2, 0) is 14.8 Å². The molecule has 0 aromatic heterocycles. The van der Waals surface area contributed by atoms with E-state index in [0.29, 0.717) is 37.4 Å². The van der Waals surface area contributed by atoms with Crippen LogP contribution in [0.4, 0.5) is 0 Å². The number of hydrogen-bond donors (Lipinski definition) is 0. The van der Waals surface area contributed by atoms with Crippen molar-refractivity contribution in [3.05, 3.63) is 42.5 Å². The molecule has 2 aromatic carbocycles. The van der Waals surface area contributed by atoms with Gasteiger partial charge in [0.05, 0.1) is 4.90 Å². The van der Waals surface area contributed by atoms with Gasteiger partial charge in [-0.15, -0.1) is 0 Å². The van der Waals surface area contributed by atoms with Gasteiger partial charge in [-0.3, -0.25) is 4.90 Å². The van der Waals surface area contributed by atoms with Crippen LogP contribution in [0.25, 0.3) is 10.8 Å². The van der Waals surface area contributed by atoms with E-state index >= 15 is 0 Å². The summed E-state index contributed by atoms with van der Waals surface area (Å²) in [6.45, 7) is 1.54. The Morgan fingerprint density at radius 2 is 1.65 bits per heavy atom. The van der Waals surface area contributed by atoms with Gasteiger partial charge in [0.1, 0.15) is 5.50 Å². The Morgan fingerprint density at radius 3 is 2.30 bits per heavy atom. The number of nitrogens with zero attached hydrogens (tertiary/aromatic N) is 2. The zero-order valence-electron chi connectivity index (χ0n) is 12.4. The van der Waals surface area contributed by atoms with Gasteiger partial charge in [-0.2, -0.15) is 4.31 Å². The van der Waals surface area contributed by atoms with Crippen LogP contribution in [0.2, 0.25) is 0 Å². The Bertz CT molecular complexity index is 817. The van der Waals surface area contributed by atoms with Gasteiger partial charge < -0.3 is 4.79 Å². The summed E-state index contributed by atoms with van der Waals surface area (Å²) in [4.78, 5) is 12.8. The summed E-state index contributed by atoms with van der Waals surface area (Å²) in [5, 5.41) is 1.90. The Kier molecular flexibility index (Phi) is 4.68. The number of hydrogen-bond acceptors (Lipinski definition) is 4. The molecule has 122 valence electrons. The first kappa shape index (κ1) is 16.4. The highest BCUT2D eigenvalue weighted by molar-refractivity contribution is 7.89. The maximum absolute atomic E-state index is 12.8. The van der Waals surface area contributed by atoms with E-state index < -0.39 is 15.5 Å². The monoisotopic (exact) mass is 352 g/mol. The fraction of sp³-hybridized carbons (Fsp3) is 0.312. The molecule has 0 spiro atoms. The molecule has 2 aromatic rings. The summed E-state index contributed by atoms with van der Waals surface area (Å²) in [6.07, 6.45) is 0.662. The van der Waals surface area contributed by atoms with Gasteiger partial charge in [0.15, 0.2) is 6.29 Å². The fourth-order valence-electron chi connectivity index (χ4n) is 2.75. The minimum absolute atomic E-state index is 0.294. The molecule has 1 fully saturated rings. The first-order chi connectivity index (χ1) is 11.0. The molecule has 1 saturated heterocycles. The van der Waals surface area contributed by atoms with Crippen molar-refractivity contribution in [3.63, 3.8) is 0 Å². The predicted molar refractivity (Wildman–Crippen MR) is 90.0 cm³/mol. The lowest BCUT2D eigenvalue weighted by Gasteiger charge is -2.34. The highest BCUT2D eigenvalue weighted by Gasteiger charge is 2.30. The topological polar surface area (TPSA) is 57.7 Å². The lowest BCUT2D eigenvalue weighted by atomic mass is 10.1. The van der Waals surface area contributed by atoms with Crippen LogP contribution in [0, 0.1) is 0 Å². The fourth-order valence-corrected chi connectivity index (χ4v) is 4.41. The number of carbonyl (C=O) groups is 1. The summed E-state index contributed by atoms with van der Waals surface area (Å²) >= 11 is 5.88. The summed E-state index contributed by atoms with van der Waals surface area (Å²) in [7, 11) is -3.53. The molecule has 0 amide bonds. The zero-order chi connectivity index (χ0) is 16.4. The minimum Gasteiger partial charge on any atom is -0.300 e. The maximum atomic E-state index is 12.8. The molecule has 23 heavy (non-hydrogen) atoms. The number of sulfonamides is 1. The molecule has 3 rings (SSSR count). The lowest BCUT2D eigenvalue weighted by Crippen LogP contribution is -2.51. The Balaban J connectivity index is 1.82. The molecule has 1 atom stereocenters. The number of fused-ring (bicyclic) bond motifs is 1. The normalized spacial score (nSPS) is 18.8. The number of halogens is 1. The molecule has 5 nitrogen and oxygen atoms in total. The standard InChI is InChI=1S/C16H17ClN2O3S/c17-16(12-20)18-7-9-19(10-8-18)23(21,22)15-6-5-13-3-1-2-4-14(13)11-15/h1-6,11-12,16H,7-10H2. The van der Waals surface area contributed by atoms with Gasteiger partial charge in [0, 0.05) is 26.2 Å². The predicted octanol–water partition coefficient (Wildman–Crippen LogP) is 1.91. The zero-order valence-corrected chi connectivity index (χ0v) is 14.0. The molecule has 1 aliphatic heterocycles. The van der Waals surface area contributed by atoms with E-state index in [0.717, 1.165) is 10.8 Å². The molecule has 1 unspecified atom stereocenters. The van der Waals surface area contributed by atoms with E-state index in [2.05, 4.69) is 0 Å². The molecule has 0 radical (unpaired) electrons. The molecular formula is C16H17ClN2O3S. The van der Waals surface area contributed by atoms with Crippen molar-refractivity contribution in [1.82, 2.24) is 9.21 Å². The van der Waals surface area contributed by atoms with Gasteiger partial charge in [0.2, 0.25) is 10.0 Å². The number of rotatable bonds is 4. The van der Waals surface area contributed by atoms with E-state index in [1.54, 1.807) is 17.0 Å². The summed E-state index contributed by atoms with van der Waals surface area (Å²) < 4.78 is 27.0. The smallest absolute Gasteiger partial charge is 0.243 e. The largest absolute Gasteiger partial charge is 0.300 e. The molecule has 7 heteroatoms. The summed E-state index contributed by atoms with van der Waals surface area (Å²) in [5.41, 5.74) is -0.694. The minimum atomic E-state index is -3.53. The lowest BCUT2D eigenvalue weighted by molar-refractivity contribution is -0.110. The van der Waals surface area contributed by atoms with Crippen LogP contribution in [0.15, 0.2) is 47.4 Å². The van der Waals surface area contributed by atoms with Crippen LogP contribution in [-0.4, -0.2) is 55.6 Å². The molecule has 1 heterocycles. The highest BCUT2D eigenvalue weighted by atomic mass is 35.5. The average molecular weight is 353 g/mol. The van der Waals surface area contributed by atoms with Crippen LogP contribution in [0.5, 0.6) is 0 Å². The second kappa shape index (κ2) is 6.57. The quantitative estimate of drug-likeness (QED) is 0.479. The summed E-state index contributed by atoms with van der Waals surface area (Å²) in [5.74, 6) is 0. The molecule has 0 saturated carbocycles. The molecular weight excluding hydrogens is 336 g/mol. The third-order valence-electron chi connectivity index (χ3n) is 4.09. The van der Waals surface area contributed by atoms with Crippen molar-refractivity contribution in [2.24, 2.45) is 0 Å². The molecule has 0 N–H and O–H groups in total. The Labute approximate surface area is 140 Å². The van der Waals surface area contributed by atoms with Crippen LogP contribution < -0.4 is 0 Å². The second-order valence-electron chi connectivity index (χ2n) is 5.46. The van der Waals surface area contributed by atoms with E-state index in [-0.39, 0.29) is 0 Å². The van der Waals surface area contributed by atoms with Crippen molar-refractivity contribution >= 4 is 38.7 Å². The van der Waals surface area contributed by atoms with Crippen LogP contribution in [0.1, 0.15) is 0 Å². The summed E-state index contributed by atoms with van der Waals surface area (Å²) in [6, 6.07) is 12.8. The van der Waals surface area contributed by atoms with E-state index in [9.17, 15) is 13.2 Å². The number of alkyl halides is 1. The third kappa shape index (κ3) is 3.26. The van der Waals surface area contributed by atoms with Crippen molar-refractivity contribution in [2.45, 2.75) is 10.4 Å². The van der Waals surface area contributed by atoms with Gasteiger partial charge in [-0.05, 0) is 22.9 Å². The van der Waals surface area contributed by atoms with Gasteiger partial charge >= 0.3 is 0 Å². The number of aldehydes is 1. The maximum Gasteiger partial charge on any atom is 0.243 e. The number of carbonyl (C=O) groups excluding carboxylic acids is 1. The Hall–Kier alpha value is -1.47. The number of benzene rings is 2. The van der Waals surface area contributed by atoms with E-state index in [1.165, 1.54) is 4.31 Å². The highest BCUT2D eigenvalue weighted by Crippen LogP contribution is 2.23. The van der Waals surface area contributed by atoms with Gasteiger partial charge in [0.25, 0.3) is 0 Å². The molecule has 0 bridgehead atoms. The molecule has 1 aliphatic rings. The van der Waals surface area contributed by atoms with Crippen molar-refractivity contribution < 1.29 is 13.2 Å². The SMILES string of the molecule is O=CC(Cl)N1CCN(S(=O)(=O)c2ccc3ccccc3c2)CC1. The van der Waals surface area contributed by atoms with Crippen molar-refractivity contribution in [1.29, 1.82) is 0 Å². The first-order valence-corrected chi connectivity index (χ1v) is 9.22. The average Bonchev–Trinajstić information content (AvgIpc) is 2.60. The Morgan fingerprint density at radius 1 is 1.00 bits per heavy atom. The van der Waals surface area contributed by atoms with Crippen LogP contribution in [0.3, 0.4) is 0 Å². The van der Waals surface area contributed by atoms with Crippen molar-refractivity contribution in [3.8, 4) is 0 Å². The van der Waals surface area contributed by atoms with Gasteiger partial charge in [-0.1, -0.05) is 41.9 Å². The van der Waals surface area contributed by atoms with Crippen molar-refractivity contribution in [2.75, 3.05) is 26.2 Å². The second-order valence-corrected chi connectivity index (χ2v) is 7.84. The molecule has 0 aliphatic carbocycles. The third-order valence-corrected chi connectivity index (χ3v) is 6.37. The number of piperazine rings is 1. The van der Waals surface area contributed by atoms with Crippen LogP contribution >= 0.6 is 11.6 Å². The van der Waals surface area contributed by atoms with Gasteiger partial charge in [-0.25, -0.2) is 8.42 Å². The first-order valence-electron chi connectivity index (χ1n) is 7.35. The van der Waals surface area contributed by atoms with E-state index in [1.807, 2.05) is 30.3 Å². The van der Waals surface area contributed by atoms with E-state index in [4.69, 9.17) is 11.6 Å².